The Balaban J connectivity index is 1.59. The van der Waals surface area contributed by atoms with Crippen LogP contribution in [-0.4, -0.2) is 43.5 Å². The van der Waals surface area contributed by atoms with E-state index >= 15 is 0 Å². The number of aromatic amines is 1. The number of pyridine rings is 1. The van der Waals surface area contributed by atoms with Crippen molar-refractivity contribution < 1.29 is 4.74 Å². The van der Waals surface area contributed by atoms with Crippen LogP contribution in [0.25, 0.3) is 11.4 Å². The van der Waals surface area contributed by atoms with Gasteiger partial charge in [-0.3, -0.25) is 14.7 Å². The molecule has 0 aliphatic carbocycles. The Hall–Kier alpha value is -3.13. The molecular weight excluding hydrogens is 332 g/mol. The van der Waals surface area contributed by atoms with E-state index in [4.69, 9.17) is 4.74 Å². The number of aromatic nitrogens is 5. The van der Waals surface area contributed by atoms with Crippen LogP contribution in [0, 0.1) is 0 Å². The van der Waals surface area contributed by atoms with E-state index in [-0.39, 0.29) is 5.56 Å². The van der Waals surface area contributed by atoms with E-state index < -0.39 is 0 Å². The third kappa shape index (κ3) is 3.18. The molecule has 8 nitrogen and oxygen atoms in total. The van der Waals surface area contributed by atoms with Crippen molar-refractivity contribution in [3.8, 4) is 17.1 Å². The molecule has 4 rings (SSSR count). The van der Waals surface area contributed by atoms with E-state index in [0.717, 1.165) is 23.6 Å². The van der Waals surface area contributed by atoms with E-state index in [1.165, 1.54) is 6.33 Å². The number of hydrogen-bond acceptors (Lipinski definition) is 7. The summed E-state index contributed by atoms with van der Waals surface area (Å²) in [5, 5.41) is 0. The smallest absolute Gasteiger partial charge is 0.255 e. The molecule has 1 aliphatic heterocycles. The predicted molar refractivity (Wildman–Crippen MR) is 94.5 cm³/mol. The van der Waals surface area contributed by atoms with Gasteiger partial charge >= 0.3 is 0 Å². The van der Waals surface area contributed by atoms with E-state index in [9.17, 15) is 4.79 Å². The fraction of sp³-hybridized carbons (Fsp3) is 0.278. The largest absolute Gasteiger partial charge is 0.496 e. The zero-order valence-corrected chi connectivity index (χ0v) is 14.3. The highest BCUT2D eigenvalue weighted by Crippen LogP contribution is 2.22. The molecule has 3 aromatic rings. The van der Waals surface area contributed by atoms with E-state index in [0.29, 0.717) is 36.5 Å². The monoisotopic (exact) mass is 350 g/mol. The molecule has 0 radical (unpaired) electrons. The molecule has 4 heterocycles. The number of nitrogens with zero attached hydrogens (tertiary/aromatic N) is 5. The van der Waals surface area contributed by atoms with Crippen LogP contribution in [0.3, 0.4) is 0 Å². The Bertz CT molecular complexity index is 973. The lowest BCUT2D eigenvalue weighted by Gasteiger charge is -2.28. The molecule has 8 heteroatoms. The van der Waals surface area contributed by atoms with Crippen molar-refractivity contribution in [2.75, 3.05) is 13.7 Å². The van der Waals surface area contributed by atoms with Crippen molar-refractivity contribution in [1.82, 2.24) is 29.8 Å². The predicted octanol–water partition coefficient (Wildman–Crippen LogP) is 1.19. The van der Waals surface area contributed by atoms with Crippen molar-refractivity contribution in [2.24, 2.45) is 0 Å². The SMILES string of the molecule is COc1ccncc1CN1CCc2nc(-c3cncnc3)[nH]c(=O)c2C1. The van der Waals surface area contributed by atoms with Crippen LogP contribution < -0.4 is 10.3 Å². The van der Waals surface area contributed by atoms with Crippen molar-refractivity contribution in [1.29, 1.82) is 0 Å². The van der Waals surface area contributed by atoms with Gasteiger partial charge in [0, 0.05) is 56.4 Å². The van der Waals surface area contributed by atoms with Gasteiger partial charge < -0.3 is 9.72 Å². The zero-order chi connectivity index (χ0) is 17.9. The van der Waals surface area contributed by atoms with Gasteiger partial charge in [-0.05, 0) is 6.07 Å². The Labute approximate surface area is 149 Å². The fourth-order valence-corrected chi connectivity index (χ4v) is 3.15. The number of nitrogens with one attached hydrogen (secondary N) is 1. The maximum absolute atomic E-state index is 12.6. The summed E-state index contributed by atoms with van der Waals surface area (Å²) in [5.74, 6) is 1.31. The average Bonchev–Trinajstić information content (AvgIpc) is 2.69. The topological polar surface area (TPSA) is 96.9 Å². The summed E-state index contributed by atoms with van der Waals surface area (Å²) in [4.78, 5) is 34.4. The minimum Gasteiger partial charge on any atom is -0.496 e. The molecule has 0 aromatic carbocycles. The Morgan fingerprint density at radius 2 is 2.08 bits per heavy atom. The van der Waals surface area contributed by atoms with E-state index in [1.807, 2.05) is 6.07 Å². The fourth-order valence-electron chi connectivity index (χ4n) is 3.15. The van der Waals surface area contributed by atoms with Crippen molar-refractivity contribution in [3.05, 3.63) is 64.4 Å². The van der Waals surface area contributed by atoms with Gasteiger partial charge in [0.2, 0.25) is 0 Å². The first-order chi connectivity index (χ1) is 12.7. The molecule has 0 amide bonds. The van der Waals surface area contributed by atoms with Crippen LogP contribution >= 0.6 is 0 Å². The van der Waals surface area contributed by atoms with Crippen LogP contribution in [0.15, 0.2) is 42.0 Å². The molecule has 0 bridgehead atoms. The third-order valence-corrected chi connectivity index (χ3v) is 4.45. The van der Waals surface area contributed by atoms with Crippen LogP contribution in [0.5, 0.6) is 5.75 Å². The summed E-state index contributed by atoms with van der Waals surface area (Å²) < 4.78 is 5.39. The summed E-state index contributed by atoms with van der Waals surface area (Å²) in [6, 6.07) is 1.84. The van der Waals surface area contributed by atoms with Crippen LogP contribution in [-0.2, 0) is 19.5 Å². The number of methoxy groups -OCH3 is 1. The lowest BCUT2D eigenvalue weighted by atomic mass is 10.1. The third-order valence-electron chi connectivity index (χ3n) is 4.45. The minimum atomic E-state index is -0.114. The summed E-state index contributed by atoms with van der Waals surface area (Å²) in [5.41, 5.74) is 3.13. The van der Waals surface area contributed by atoms with E-state index in [1.54, 1.807) is 31.9 Å². The second-order valence-corrected chi connectivity index (χ2v) is 6.12. The highest BCUT2D eigenvalue weighted by Gasteiger charge is 2.22. The minimum absolute atomic E-state index is 0.114. The van der Waals surface area contributed by atoms with Gasteiger partial charge in [-0.25, -0.2) is 15.0 Å². The molecule has 132 valence electrons. The lowest BCUT2D eigenvalue weighted by molar-refractivity contribution is 0.238. The Morgan fingerprint density at radius 1 is 1.23 bits per heavy atom. The molecule has 0 spiro atoms. The van der Waals surface area contributed by atoms with Crippen LogP contribution in [0.1, 0.15) is 16.8 Å². The van der Waals surface area contributed by atoms with Gasteiger partial charge in [0.1, 0.15) is 17.9 Å². The van der Waals surface area contributed by atoms with E-state index in [2.05, 4.69) is 29.8 Å². The molecular formula is C18H18N6O2. The average molecular weight is 350 g/mol. The standard InChI is InChI=1S/C18H18N6O2/c1-26-16-2-4-19-8-13(16)9-24-5-3-15-14(10-24)18(25)23-17(22-15)12-6-20-11-21-7-12/h2,4,6-8,11H,3,5,9-10H2,1H3,(H,22,23,25). The first kappa shape index (κ1) is 16.3. The van der Waals surface area contributed by atoms with Crippen molar-refractivity contribution in [2.45, 2.75) is 19.5 Å². The molecule has 0 saturated heterocycles. The van der Waals surface area contributed by atoms with Gasteiger partial charge in [0.05, 0.1) is 23.9 Å². The number of hydrogen-bond donors (Lipinski definition) is 1. The highest BCUT2D eigenvalue weighted by molar-refractivity contribution is 5.52. The number of H-pyrrole nitrogens is 1. The normalized spacial score (nSPS) is 14.0. The summed E-state index contributed by atoms with van der Waals surface area (Å²) in [6.45, 7) is 2.03. The summed E-state index contributed by atoms with van der Waals surface area (Å²) >= 11 is 0. The summed E-state index contributed by atoms with van der Waals surface area (Å²) in [7, 11) is 1.65. The first-order valence-electron chi connectivity index (χ1n) is 8.31. The Morgan fingerprint density at radius 3 is 2.88 bits per heavy atom. The van der Waals surface area contributed by atoms with Gasteiger partial charge in [0.15, 0.2) is 0 Å². The molecule has 1 aliphatic rings. The number of rotatable bonds is 4. The lowest BCUT2D eigenvalue weighted by Crippen LogP contribution is -2.35. The quantitative estimate of drug-likeness (QED) is 0.755. The van der Waals surface area contributed by atoms with Gasteiger partial charge in [-0.15, -0.1) is 0 Å². The molecule has 3 aromatic heterocycles. The maximum atomic E-state index is 12.6. The highest BCUT2D eigenvalue weighted by atomic mass is 16.5. The molecule has 26 heavy (non-hydrogen) atoms. The molecule has 0 fully saturated rings. The van der Waals surface area contributed by atoms with Crippen LogP contribution in [0.2, 0.25) is 0 Å². The molecule has 1 N–H and O–H groups in total. The second kappa shape index (κ2) is 7.01. The van der Waals surface area contributed by atoms with Gasteiger partial charge in [0.25, 0.3) is 5.56 Å². The summed E-state index contributed by atoms with van der Waals surface area (Å²) in [6.07, 6.45) is 8.95. The van der Waals surface area contributed by atoms with Gasteiger partial charge in [-0.2, -0.15) is 0 Å². The molecule has 0 saturated carbocycles. The zero-order valence-electron chi connectivity index (χ0n) is 14.3. The van der Waals surface area contributed by atoms with Crippen molar-refractivity contribution in [3.63, 3.8) is 0 Å². The van der Waals surface area contributed by atoms with Crippen LogP contribution in [0.4, 0.5) is 0 Å². The maximum Gasteiger partial charge on any atom is 0.255 e. The van der Waals surface area contributed by atoms with Gasteiger partial charge in [-0.1, -0.05) is 0 Å². The molecule has 0 unspecified atom stereocenters. The number of fused-ring (bicyclic) bond motifs is 1. The molecule has 0 atom stereocenters. The second-order valence-electron chi connectivity index (χ2n) is 6.12. The first-order valence-corrected chi connectivity index (χ1v) is 8.31. The Kier molecular flexibility index (Phi) is 4.40. The number of ether oxygens (including phenoxy) is 1. The van der Waals surface area contributed by atoms with Crippen molar-refractivity contribution >= 4 is 0 Å².